The van der Waals surface area contributed by atoms with E-state index in [0.717, 1.165) is 0 Å². The average Bonchev–Trinajstić information content (AvgIpc) is 2.80. The van der Waals surface area contributed by atoms with Gasteiger partial charge in [0.2, 0.25) is 0 Å². The Balaban J connectivity index is 0.000000445. The van der Waals surface area contributed by atoms with Crippen LogP contribution in [0.5, 0.6) is 0 Å². The number of hydrogen-bond donors (Lipinski definition) is 2. The molecule has 31 heavy (non-hydrogen) atoms. The third kappa shape index (κ3) is 16.4. The summed E-state index contributed by atoms with van der Waals surface area (Å²) in [6.45, 7) is 7.01. The average molecular weight is 481 g/mol. The molecule has 169 valence electrons. The van der Waals surface area contributed by atoms with Gasteiger partial charge >= 0.3 is 102 Å². The van der Waals surface area contributed by atoms with Crippen LogP contribution in [0.2, 0.25) is 15.0 Å². The van der Waals surface area contributed by atoms with Gasteiger partial charge in [-0.25, -0.2) is 9.59 Å². The second kappa shape index (κ2) is 19.9. The molecule has 0 bridgehead atoms. The molecule has 0 aliphatic rings. The molecule has 0 saturated carbocycles. The maximum atomic E-state index is 10.2. The first kappa shape index (κ1) is 29.0. The van der Waals surface area contributed by atoms with Crippen LogP contribution in [0.15, 0.2) is 60.7 Å². The van der Waals surface area contributed by atoms with E-state index in [1.54, 1.807) is 75.7 Å². The van der Waals surface area contributed by atoms with Crippen LogP contribution in [0.3, 0.4) is 0 Å². The Labute approximate surface area is 193 Å². The molecule has 0 aliphatic carbocycles. The van der Waals surface area contributed by atoms with E-state index in [-0.39, 0.29) is 0 Å². The number of hydrogen-bond acceptors (Lipinski definition) is 2. The van der Waals surface area contributed by atoms with Gasteiger partial charge in [0, 0.05) is 0 Å². The van der Waals surface area contributed by atoms with Crippen LogP contribution in [0, 0.1) is 0 Å². The molecule has 2 N–H and O–H groups in total. The first-order chi connectivity index (χ1) is 15.0. The molecule has 0 aromatic heterocycles. The first-order valence-electron chi connectivity index (χ1n) is 11.8. The fourth-order valence-electron chi connectivity index (χ4n) is 3.50. The molecule has 2 aromatic carbocycles. The van der Waals surface area contributed by atoms with Crippen molar-refractivity contribution in [1.29, 1.82) is 0 Å². The molecule has 0 saturated heterocycles. The Morgan fingerprint density at radius 1 is 0.613 bits per heavy atom. The molecule has 0 unspecified atom stereocenters. The fraction of sp³-hybridized carbons (Fsp3) is 0.462. The zero-order chi connectivity index (χ0) is 23.3. The van der Waals surface area contributed by atoms with Crippen LogP contribution in [-0.4, -0.2) is 22.2 Å². The normalized spacial score (nSPS) is 9.52. The van der Waals surface area contributed by atoms with Crippen LogP contribution in [0.4, 0.5) is 0 Å². The van der Waals surface area contributed by atoms with Crippen LogP contribution in [0.1, 0.15) is 80.0 Å². The summed E-state index contributed by atoms with van der Waals surface area (Å²) in [5.74, 6) is -1.76. The molecular weight excluding hydrogens is 442 g/mol. The molecule has 0 fully saturated rings. The Bertz CT molecular complexity index is 621. The number of benzene rings is 2. The smallest absolute Gasteiger partial charge is 0.335 e. The number of carboxylic acids is 2. The number of aromatic carboxylic acids is 2. The molecule has 2 aromatic rings. The third-order valence-corrected chi connectivity index (χ3v) is 14.8. The molecular formula is C26H39O4Zn. The molecule has 0 atom stereocenters. The van der Waals surface area contributed by atoms with Crippen LogP contribution >= 0.6 is 0 Å². The van der Waals surface area contributed by atoms with Crippen molar-refractivity contribution >= 4 is 11.9 Å². The van der Waals surface area contributed by atoms with Crippen molar-refractivity contribution < 1.29 is 35.8 Å². The van der Waals surface area contributed by atoms with Crippen molar-refractivity contribution in [2.24, 2.45) is 0 Å². The van der Waals surface area contributed by atoms with Crippen molar-refractivity contribution in [3.63, 3.8) is 0 Å². The van der Waals surface area contributed by atoms with E-state index < -0.39 is 27.9 Å². The predicted octanol–water partition coefficient (Wildman–Crippen LogP) is 8.03. The molecule has 0 aliphatic heterocycles. The largest absolute Gasteiger partial charge is 0.478 e. The van der Waals surface area contributed by atoms with Gasteiger partial charge in [-0.3, -0.25) is 0 Å². The second-order valence-electron chi connectivity index (χ2n) is 8.02. The van der Waals surface area contributed by atoms with Gasteiger partial charge in [0.05, 0.1) is 11.1 Å². The summed E-state index contributed by atoms with van der Waals surface area (Å²) in [5.41, 5.74) is 0.662. The number of unbranched alkanes of at least 4 members (excludes halogenated alkanes) is 3. The minimum atomic E-state index is -0.951. The first-order valence-corrected chi connectivity index (χ1v) is 18.1. The summed E-state index contributed by atoms with van der Waals surface area (Å²) in [5, 5.41) is 21.8. The zero-order valence-corrected chi connectivity index (χ0v) is 22.5. The molecule has 5 heteroatoms. The van der Waals surface area contributed by atoms with Crippen molar-refractivity contribution in [3.05, 3.63) is 71.8 Å². The van der Waals surface area contributed by atoms with E-state index >= 15 is 0 Å². The van der Waals surface area contributed by atoms with Gasteiger partial charge in [-0.1, -0.05) is 36.4 Å². The minimum Gasteiger partial charge on any atom is -0.478 e. The number of rotatable bonds is 11. The van der Waals surface area contributed by atoms with Gasteiger partial charge in [-0.2, -0.15) is 0 Å². The fourth-order valence-corrected chi connectivity index (χ4v) is 13.3. The van der Waals surface area contributed by atoms with Crippen LogP contribution < -0.4 is 0 Å². The quantitative estimate of drug-likeness (QED) is 0.319. The van der Waals surface area contributed by atoms with Gasteiger partial charge in [0.25, 0.3) is 0 Å². The Kier molecular flexibility index (Phi) is 18.7. The summed E-state index contributed by atoms with van der Waals surface area (Å²) >= 11 is -0.951. The zero-order valence-electron chi connectivity index (χ0n) is 19.6. The van der Waals surface area contributed by atoms with E-state index in [0.29, 0.717) is 11.1 Å². The third-order valence-electron chi connectivity index (χ3n) is 5.35. The molecule has 0 amide bonds. The van der Waals surface area contributed by atoms with E-state index in [4.69, 9.17) is 10.2 Å². The Morgan fingerprint density at radius 2 is 0.903 bits per heavy atom. The second-order valence-corrected chi connectivity index (χ2v) is 16.9. The van der Waals surface area contributed by atoms with E-state index in [9.17, 15) is 9.59 Å². The van der Waals surface area contributed by atoms with Gasteiger partial charge in [-0.05, 0) is 24.3 Å². The topological polar surface area (TPSA) is 74.6 Å². The maximum absolute atomic E-state index is 10.2. The summed E-state index contributed by atoms with van der Waals surface area (Å²) in [7, 11) is 0. The van der Waals surface area contributed by atoms with Gasteiger partial charge in [0.1, 0.15) is 0 Å². The van der Waals surface area contributed by atoms with Crippen LogP contribution in [0.25, 0.3) is 0 Å². The Hall–Kier alpha value is -2.00. The van der Waals surface area contributed by atoms with Crippen molar-refractivity contribution in [1.82, 2.24) is 0 Å². The summed E-state index contributed by atoms with van der Waals surface area (Å²) in [6, 6.07) is 16.6. The summed E-state index contributed by atoms with van der Waals surface area (Å²) < 4.78 is 0. The molecule has 4 nitrogen and oxygen atoms in total. The molecule has 0 heterocycles. The number of carbonyl (C=O) groups is 2. The molecule has 0 spiro atoms. The minimum absolute atomic E-state index is 0.331. The monoisotopic (exact) mass is 479 g/mol. The van der Waals surface area contributed by atoms with E-state index in [2.05, 4.69) is 20.8 Å². The maximum Gasteiger partial charge on any atom is 0.335 e. The van der Waals surface area contributed by atoms with Crippen molar-refractivity contribution in [2.75, 3.05) is 0 Å². The van der Waals surface area contributed by atoms with Gasteiger partial charge in [0.15, 0.2) is 0 Å². The summed E-state index contributed by atoms with van der Waals surface area (Å²) in [6.07, 6.45) is 8.87. The standard InChI is InChI=1S/2C7H6O2.3C4H9.Zn/c2*8-7(9)6-4-2-1-3-5-6;3*1-3-4-2;/h2*1-5H,(H,8,9);3*1,3-4H2,2H3;. The number of carboxylic acid groups (broad SMARTS) is 2. The van der Waals surface area contributed by atoms with Gasteiger partial charge < -0.3 is 10.2 Å². The van der Waals surface area contributed by atoms with Crippen molar-refractivity contribution in [3.8, 4) is 0 Å². The van der Waals surface area contributed by atoms with Crippen molar-refractivity contribution in [2.45, 2.75) is 74.3 Å². The predicted molar refractivity (Wildman–Crippen MR) is 126 cm³/mol. The van der Waals surface area contributed by atoms with E-state index in [1.165, 1.54) is 38.5 Å². The molecule has 0 radical (unpaired) electrons. The SMILES string of the molecule is CCC[CH2][Zn]([CH2]CCC)[CH2]CCC.O=C(O)c1ccccc1.O=C(O)c1ccccc1. The van der Waals surface area contributed by atoms with Gasteiger partial charge in [-0.15, -0.1) is 0 Å². The Morgan fingerprint density at radius 3 is 1.10 bits per heavy atom. The van der Waals surface area contributed by atoms with Crippen LogP contribution in [-0.2, 0) is 16.0 Å². The van der Waals surface area contributed by atoms with E-state index in [1.807, 2.05) is 0 Å². The summed E-state index contributed by atoms with van der Waals surface area (Å²) in [4.78, 5) is 20.4. The molecule has 2 rings (SSSR count).